The number of nitrogens with zero attached hydrogens (tertiary/aromatic N) is 3. The molecule has 2 aromatic carbocycles. The van der Waals surface area contributed by atoms with Crippen LogP contribution in [0.4, 0.5) is 32.0 Å². The number of hydrogen-bond acceptors (Lipinski definition) is 6. The zero-order valence-corrected chi connectivity index (χ0v) is 24.2. The summed E-state index contributed by atoms with van der Waals surface area (Å²) in [4.78, 5) is 19.0. The number of benzene rings is 2. The van der Waals surface area contributed by atoms with Crippen LogP contribution in [-0.4, -0.2) is 73.9 Å². The van der Waals surface area contributed by atoms with E-state index in [4.69, 9.17) is 0 Å². The molecule has 3 aromatic rings. The molecule has 15 heteroatoms. The standard InChI is InChI=1S/C28H29F6N5O3S/c1-17-14-38(2)10-8-22(17)37-26(40)20-11-18(12-24-25(20)36-16-39(24)15-27(29,30)31)5-4-9-35-23-7-6-19(43(3,41)42)13-21(23)28(32,33)34/h6-7,11-13,16-17,22,35H,8-10,14-15H2,1-3H3,(H,37,40)/t17-,22-/m0/s1. The Labute approximate surface area is 244 Å². The molecule has 2 atom stereocenters. The number of likely N-dealkylation sites (tertiary alicyclic amines) is 1. The lowest BCUT2D eigenvalue weighted by atomic mass is 9.93. The van der Waals surface area contributed by atoms with Crippen LogP contribution in [-0.2, 0) is 22.6 Å². The van der Waals surface area contributed by atoms with Crippen molar-refractivity contribution < 1.29 is 39.6 Å². The minimum atomic E-state index is -4.86. The van der Waals surface area contributed by atoms with Gasteiger partial charge in [0.1, 0.15) is 12.1 Å². The molecule has 2 heterocycles. The average molecular weight is 630 g/mol. The highest BCUT2D eigenvalue weighted by atomic mass is 32.2. The fraction of sp³-hybridized carbons (Fsp3) is 0.429. The minimum Gasteiger partial charge on any atom is -0.374 e. The normalized spacial score (nSPS) is 18.3. The summed E-state index contributed by atoms with van der Waals surface area (Å²) in [5.74, 6) is 4.92. The van der Waals surface area contributed by atoms with Crippen molar-refractivity contribution in [2.45, 2.75) is 43.2 Å². The second-order valence-corrected chi connectivity index (χ2v) is 12.6. The molecular weight excluding hydrogens is 600 g/mol. The number of carbonyl (C=O) groups excluding carboxylic acids is 1. The van der Waals surface area contributed by atoms with Crippen LogP contribution in [0.3, 0.4) is 0 Å². The van der Waals surface area contributed by atoms with Gasteiger partial charge in [0.2, 0.25) is 0 Å². The fourth-order valence-electron chi connectivity index (χ4n) is 4.97. The summed E-state index contributed by atoms with van der Waals surface area (Å²) in [6, 6.07) is 5.10. The topological polar surface area (TPSA) is 96.3 Å². The van der Waals surface area contributed by atoms with Crippen molar-refractivity contribution in [1.29, 1.82) is 0 Å². The average Bonchev–Trinajstić information content (AvgIpc) is 3.27. The summed E-state index contributed by atoms with van der Waals surface area (Å²) in [6.45, 7) is 1.83. The molecule has 1 aromatic heterocycles. The van der Waals surface area contributed by atoms with Gasteiger partial charge >= 0.3 is 12.4 Å². The number of anilines is 1. The summed E-state index contributed by atoms with van der Waals surface area (Å²) in [5.41, 5.74) is -1.33. The van der Waals surface area contributed by atoms with Crippen LogP contribution < -0.4 is 10.6 Å². The molecule has 0 radical (unpaired) electrons. The first kappa shape index (κ1) is 32.2. The molecule has 232 valence electrons. The first-order valence-corrected chi connectivity index (χ1v) is 15.0. The number of aromatic nitrogens is 2. The Hall–Kier alpha value is -3.77. The molecule has 0 aliphatic carbocycles. The Morgan fingerprint density at radius 3 is 2.49 bits per heavy atom. The Balaban J connectivity index is 1.64. The molecule has 43 heavy (non-hydrogen) atoms. The second kappa shape index (κ2) is 12.1. The van der Waals surface area contributed by atoms with E-state index in [9.17, 15) is 39.6 Å². The van der Waals surface area contributed by atoms with Gasteiger partial charge in [-0.15, -0.1) is 0 Å². The first-order chi connectivity index (χ1) is 19.9. The van der Waals surface area contributed by atoms with Gasteiger partial charge in [-0.25, -0.2) is 13.4 Å². The zero-order chi connectivity index (χ0) is 31.7. The van der Waals surface area contributed by atoms with Crippen LogP contribution in [0.1, 0.15) is 34.8 Å². The molecule has 2 N–H and O–H groups in total. The summed E-state index contributed by atoms with van der Waals surface area (Å²) in [5, 5.41) is 5.46. The largest absolute Gasteiger partial charge is 0.418 e. The summed E-state index contributed by atoms with van der Waals surface area (Å²) in [6.07, 6.45) is -6.95. The van der Waals surface area contributed by atoms with Crippen molar-refractivity contribution in [2.75, 3.05) is 38.3 Å². The van der Waals surface area contributed by atoms with E-state index in [1.807, 2.05) is 14.0 Å². The summed E-state index contributed by atoms with van der Waals surface area (Å²) >= 11 is 0. The van der Waals surface area contributed by atoms with E-state index in [-0.39, 0.29) is 40.7 Å². The molecule has 0 spiro atoms. The first-order valence-electron chi connectivity index (χ1n) is 13.1. The van der Waals surface area contributed by atoms with Gasteiger partial charge in [-0.05, 0) is 56.3 Å². The SMILES string of the molecule is C[C@H]1CN(C)CC[C@@H]1NC(=O)c1cc(C#CCNc2ccc(S(C)(=O)=O)cc2C(F)(F)F)cc2c1ncn2CC(F)(F)F. The maximum atomic E-state index is 13.6. The van der Waals surface area contributed by atoms with Gasteiger partial charge in [-0.2, -0.15) is 26.3 Å². The highest BCUT2D eigenvalue weighted by Gasteiger charge is 2.35. The monoisotopic (exact) mass is 629 g/mol. The molecule has 4 rings (SSSR count). The van der Waals surface area contributed by atoms with E-state index in [1.165, 1.54) is 12.1 Å². The minimum absolute atomic E-state index is 0.0226. The third-order valence-electron chi connectivity index (χ3n) is 7.07. The van der Waals surface area contributed by atoms with Gasteiger partial charge in [0.15, 0.2) is 9.84 Å². The number of piperidine rings is 1. The number of alkyl halides is 6. The third-order valence-corrected chi connectivity index (χ3v) is 8.18. The maximum absolute atomic E-state index is 13.6. The third kappa shape index (κ3) is 7.99. The number of rotatable bonds is 6. The Morgan fingerprint density at radius 2 is 1.86 bits per heavy atom. The van der Waals surface area contributed by atoms with E-state index in [0.717, 1.165) is 42.4 Å². The number of amides is 1. The maximum Gasteiger partial charge on any atom is 0.418 e. The number of imidazole rings is 1. The lowest BCUT2D eigenvalue weighted by molar-refractivity contribution is -0.140. The zero-order valence-electron chi connectivity index (χ0n) is 23.4. The van der Waals surface area contributed by atoms with Crippen molar-refractivity contribution in [1.82, 2.24) is 19.8 Å². The van der Waals surface area contributed by atoms with Crippen LogP contribution in [0.25, 0.3) is 11.0 Å². The number of halogens is 6. The van der Waals surface area contributed by atoms with Crippen LogP contribution in [0.15, 0.2) is 41.6 Å². The van der Waals surface area contributed by atoms with Gasteiger partial charge in [0.25, 0.3) is 5.91 Å². The number of sulfone groups is 1. The van der Waals surface area contributed by atoms with Gasteiger partial charge in [-0.1, -0.05) is 18.8 Å². The Morgan fingerprint density at radius 1 is 1.14 bits per heavy atom. The van der Waals surface area contributed by atoms with Crippen LogP contribution in [0.2, 0.25) is 0 Å². The van der Waals surface area contributed by atoms with E-state index < -0.39 is 50.8 Å². The Bertz CT molecular complexity index is 1690. The molecule has 0 saturated carbocycles. The van der Waals surface area contributed by atoms with Crippen molar-refractivity contribution >= 4 is 32.5 Å². The highest BCUT2D eigenvalue weighted by molar-refractivity contribution is 7.90. The van der Waals surface area contributed by atoms with Crippen LogP contribution >= 0.6 is 0 Å². The molecule has 0 unspecified atom stereocenters. The molecule has 0 bridgehead atoms. The molecular formula is C28H29F6N5O3S. The number of carbonyl (C=O) groups is 1. The van der Waals surface area contributed by atoms with E-state index in [1.54, 1.807) is 0 Å². The van der Waals surface area contributed by atoms with E-state index in [0.29, 0.717) is 12.5 Å². The van der Waals surface area contributed by atoms with Crippen LogP contribution in [0, 0.1) is 17.8 Å². The van der Waals surface area contributed by atoms with Gasteiger partial charge < -0.3 is 20.1 Å². The quantitative estimate of drug-likeness (QED) is 0.307. The van der Waals surface area contributed by atoms with Crippen molar-refractivity contribution in [2.24, 2.45) is 5.92 Å². The smallest absolute Gasteiger partial charge is 0.374 e. The number of hydrogen-bond donors (Lipinski definition) is 2. The lowest BCUT2D eigenvalue weighted by Crippen LogP contribution is -2.48. The van der Waals surface area contributed by atoms with E-state index in [2.05, 4.69) is 32.4 Å². The molecule has 1 fully saturated rings. The molecule has 1 saturated heterocycles. The lowest BCUT2D eigenvalue weighted by Gasteiger charge is -2.35. The van der Waals surface area contributed by atoms with Gasteiger partial charge in [0.05, 0.1) is 34.4 Å². The summed E-state index contributed by atoms with van der Waals surface area (Å²) < 4.78 is 105. The molecule has 1 aliphatic rings. The summed E-state index contributed by atoms with van der Waals surface area (Å²) in [7, 11) is -1.92. The van der Waals surface area contributed by atoms with Gasteiger partial charge in [-0.3, -0.25) is 4.79 Å². The van der Waals surface area contributed by atoms with Crippen LogP contribution in [0.5, 0.6) is 0 Å². The highest BCUT2D eigenvalue weighted by Crippen LogP contribution is 2.36. The second-order valence-electron chi connectivity index (χ2n) is 10.6. The van der Waals surface area contributed by atoms with Gasteiger partial charge in [0, 0.05) is 30.1 Å². The number of nitrogens with one attached hydrogen (secondary N) is 2. The van der Waals surface area contributed by atoms with Crippen molar-refractivity contribution in [3.63, 3.8) is 0 Å². The predicted molar refractivity (Wildman–Crippen MR) is 148 cm³/mol. The fourth-order valence-corrected chi connectivity index (χ4v) is 5.62. The Kier molecular flexibility index (Phi) is 9.03. The molecule has 8 nitrogen and oxygen atoms in total. The van der Waals surface area contributed by atoms with Crippen molar-refractivity contribution in [3.8, 4) is 11.8 Å². The van der Waals surface area contributed by atoms with Crippen molar-refractivity contribution in [3.05, 3.63) is 53.3 Å². The molecule has 1 aliphatic heterocycles. The molecule has 1 amide bonds. The number of fused-ring (bicyclic) bond motifs is 1. The predicted octanol–water partition coefficient (Wildman–Crippen LogP) is 4.55. The van der Waals surface area contributed by atoms with E-state index >= 15 is 0 Å².